The first-order valence-electron chi connectivity index (χ1n) is 5.28. The highest BCUT2D eigenvalue weighted by atomic mass is 127. The van der Waals surface area contributed by atoms with Crippen LogP contribution in [0.1, 0.15) is 16.8 Å². The zero-order valence-corrected chi connectivity index (χ0v) is 11.3. The van der Waals surface area contributed by atoms with E-state index >= 15 is 0 Å². The first-order valence-corrected chi connectivity index (χ1v) is 6.36. The van der Waals surface area contributed by atoms with Crippen LogP contribution in [0.3, 0.4) is 0 Å². The van der Waals surface area contributed by atoms with Gasteiger partial charge in [0.2, 0.25) is 0 Å². The molecule has 1 amide bonds. The summed E-state index contributed by atoms with van der Waals surface area (Å²) in [5.74, 6) is 0.109. The minimum Gasteiger partial charge on any atom is -0.380 e. The fourth-order valence-electron chi connectivity index (χ4n) is 1.91. The molecule has 1 fully saturated rings. The van der Waals surface area contributed by atoms with Gasteiger partial charge in [0.25, 0.3) is 5.91 Å². The van der Waals surface area contributed by atoms with Crippen molar-refractivity contribution in [3.63, 3.8) is 0 Å². The molecule has 0 aromatic heterocycles. The summed E-state index contributed by atoms with van der Waals surface area (Å²) in [6.07, 6.45) is 1.14. The molecule has 1 aliphatic heterocycles. The number of hydrogen-bond donors (Lipinski definition) is 0. The number of halogens is 1. The van der Waals surface area contributed by atoms with E-state index in [1.54, 1.807) is 7.11 Å². The van der Waals surface area contributed by atoms with Crippen LogP contribution in [-0.4, -0.2) is 37.1 Å². The van der Waals surface area contributed by atoms with Crippen LogP contribution in [0.15, 0.2) is 24.3 Å². The van der Waals surface area contributed by atoms with Gasteiger partial charge in [-0.15, -0.1) is 0 Å². The molecule has 0 bridgehead atoms. The zero-order chi connectivity index (χ0) is 11.5. The van der Waals surface area contributed by atoms with Crippen LogP contribution in [0.4, 0.5) is 0 Å². The fourth-order valence-corrected chi connectivity index (χ4v) is 2.45. The molecule has 0 unspecified atom stereocenters. The molecule has 1 saturated heterocycles. The molecule has 1 aliphatic rings. The van der Waals surface area contributed by atoms with E-state index in [1.807, 2.05) is 29.2 Å². The van der Waals surface area contributed by atoms with Crippen molar-refractivity contribution in [2.75, 3.05) is 20.2 Å². The number of hydrogen-bond acceptors (Lipinski definition) is 2. The van der Waals surface area contributed by atoms with Gasteiger partial charge in [0.05, 0.1) is 6.10 Å². The number of rotatable bonds is 2. The smallest absolute Gasteiger partial charge is 0.253 e. The van der Waals surface area contributed by atoms with Crippen LogP contribution in [0.2, 0.25) is 0 Å². The van der Waals surface area contributed by atoms with E-state index < -0.39 is 0 Å². The fraction of sp³-hybridized carbons (Fsp3) is 0.417. The zero-order valence-electron chi connectivity index (χ0n) is 9.15. The molecule has 2 rings (SSSR count). The average Bonchev–Trinajstić information content (AvgIpc) is 2.76. The van der Waals surface area contributed by atoms with Gasteiger partial charge in [-0.3, -0.25) is 4.79 Å². The minimum atomic E-state index is 0.109. The molecule has 0 radical (unpaired) electrons. The van der Waals surface area contributed by atoms with Gasteiger partial charge >= 0.3 is 0 Å². The van der Waals surface area contributed by atoms with Crippen LogP contribution < -0.4 is 0 Å². The number of carbonyl (C=O) groups is 1. The third-order valence-electron chi connectivity index (χ3n) is 2.84. The van der Waals surface area contributed by atoms with E-state index in [0.29, 0.717) is 6.54 Å². The Hall–Kier alpha value is -0.620. The molecule has 16 heavy (non-hydrogen) atoms. The molecule has 0 N–H and O–H groups in total. The van der Waals surface area contributed by atoms with Crippen LogP contribution in [0, 0.1) is 3.57 Å². The lowest BCUT2D eigenvalue weighted by Gasteiger charge is -2.16. The summed E-state index contributed by atoms with van der Waals surface area (Å²) in [7, 11) is 1.70. The summed E-state index contributed by atoms with van der Waals surface area (Å²) < 4.78 is 6.34. The number of likely N-dealkylation sites (tertiary alicyclic amines) is 1. The van der Waals surface area contributed by atoms with Gasteiger partial charge < -0.3 is 9.64 Å². The quantitative estimate of drug-likeness (QED) is 0.778. The maximum atomic E-state index is 12.1. The lowest BCUT2D eigenvalue weighted by molar-refractivity contribution is 0.0724. The molecule has 0 saturated carbocycles. The normalized spacial score (nSPS) is 20.1. The number of carbonyl (C=O) groups excluding carboxylic acids is 1. The van der Waals surface area contributed by atoms with E-state index in [0.717, 1.165) is 22.1 Å². The second-order valence-corrected chi connectivity index (χ2v) is 5.15. The van der Waals surface area contributed by atoms with Crippen molar-refractivity contribution in [2.45, 2.75) is 12.5 Å². The molecule has 1 aromatic carbocycles. The minimum absolute atomic E-state index is 0.109. The SMILES string of the molecule is CO[C@@H]1CCN(C(=O)c2cccc(I)c2)C1. The first kappa shape index (κ1) is 11.9. The highest BCUT2D eigenvalue weighted by Gasteiger charge is 2.26. The first-order chi connectivity index (χ1) is 7.70. The van der Waals surface area contributed by atoms with Crippen LogP contribution in [0.5, 0.6) is 0 Å². The third kappa shape index (κ3) is 2.55. The van der Waals surface area contributed by atoms with E-state index in [9.17, 15) is 4.79 Å². The second kappa shape index (κ2) is 5.14. The van der Waals surface area contributed by atoms with Gasteiger partial charge in [-0.25, -0.2) is 0 Å². The van der Waals surface area contributed by atoms with Crippen molar-refractivity contribution in [1.82, 2.24) is 4.90 Å². The molecule has 0 aliphatic carbocycles. The van der Waals surface area contributed by atoms with Gasteiger partial charge in [0, 0.05) is 29.3 Å². The summed E-state index contributed by atoms with van der Waals surface area (Å²) >= 11 is 2.22. The Bertz CT molecular complexity index is 394. The Morgan fingerprint density at radius 1 is 1.56 bits per heavy atom. The lowest BCUT2D eigenvalue weighted by Crippen LogP contribution is -2.29. The van der Waals surface area contributed by atoms with Gasteiger partial charge in [0.15, 0.2) is 0 Å². The number of ether oxygens (including phenoxy) is 1. The van der Waals surface area contributed by atoms with Gasteiger partial charge in [0.1, 0.15) is 0 Å². The van der Waals surface area contributed by atoms with E-state index in [4.69, 9.17) is 4.74 Å². The largest absolute Gasteiger partial charge is 0.380 e. The maximum absolute atomic E-state index is 12.1. The molecule has 0 spiro atoms. The monoisotopic (exact) mass is 331 g/mol. The standard InChI is InChI=1S/C12H14INO2/c1-16-11-5-6-14(8-11)12(15)9-3-2-4-10(13)7-9/h2-4,7,11H,5-6,8H2,1H3/t11-/m1/s1. The lowest BCUT2D eigenvalue weighted by atomic mass is 10.2. The summed E-state index contributed by atoms with van der Waals surface area (Å²) in [6, 6.07) is 7.69. The average molecular weight is 331 g/mol. The number of nitrogens with zero attached hydrogens (tertiary/aromatic N) is 1. The van der Waals surface area contributed by atoms with Crippen LogP contribution in [-0.2, 0) is 4.74 Å². The Balaban J connectivity index is 2.08. The van der Waals surface area contributed by atoms with Crippen molar-refractivity contribution >= 4 is 28.5 Å². The number of amides is 1. The van der Waals surface area contributed by atoms with E-state index in [1.165, 1.54) is 0 Å². The van der Waals surface area contributed by atoms with Crippen LogP contribution in [0.25, 0.3) is 0 Å². The molecular formula is C12H14INO2. The summed E-state index contributed by atoms with van der Waals surface area (Å²) in [5.41, 5.74) is 0.767. The predicted octanol–water partition coefficient (Wildman–Crippen LogP) is 2.15. The Labute approximate surface area is 109 Å². The summed E-state index contributed by atoms with van der Waals surface area (Å²) in [5, 5.41) is 0. The predicted molar refractivity (Wildman–Crippen MR) is 70.5 cm³/mol. The summed E-state index contributed by atoms with van der Waals surface area (Å²) in [4.78, 5) is 14.0. The summed E-state index contributed by atoms with van der Waals surface area (Å²) in [6.45, 7) is 1.50. The van der Waals surface area contributed by atoms with E-state index in [2.05, 4.69) is 22.6 Å². The van der Waals surface area contributed by atoms with Crippen molar-refractivity contribution < 1.29 is 9.53 Å². The van der Waals surface area contributed by atoms with E-state index in [-0.39, 0.29) is 12.0 Å². The molecule has 86 valence electrons. The van der Waals surface area contributed by atoms with Crippen LogP contribution >= 0.6 is 22.6 Å². The Kier molecular flexibility index (Phi) is 3.81. The molecular weight excluding hydrogens is 317 g/mol. The maximum Gasteiger partial charge on any atom is 0.253 e. The highest BCUT2D eigenvalue weighted by molar-refractivity contribution is 14.1. The Morgan fingerprint density at radius 2 is 2.38 bits per heavy atom. The van der Waals surface area contributed by atoms with Gasteiger partial charge in [-0.2, -0.15) is 0 Å². The molecule has 1 heterocycles. The second-order valence-electron chi connectivity index (χ2n) is 3.91. The van der Waals surface area contributed by atoms with Gasteiger partial charge in [-0.05, 0) is 47.2 Å². The number of methoxy groups -OCH3 is 1. The molecule has 3 nitrogen and oxygen atoms in total. The Morgan fingerprint density at radius 3 is 3.00 bits per heavy atom. The third-order valence-corrected chi connectivity index (χ3v) is 3.51. The highest BCUT2D eigenvalue weighted by Crippen LogP contribution is 2.16. The van der Waals surface area contributed by atoms with Gasteiger partial charge in [-0.1, -0.05) is 6.07 Å². The molecule has 1 aromatic rings. The van der Waals surface area contributed by atoms with Crippen molar-refractivity contribution in [1.29, 1.82) is 0 Å². The molecule has 4 heteroatoms. The van der Waals surface area contributed by atoms with Crippen molar-refractivity contribution in [2.24, 2.45) is 0 Å². The van der Waals surface area contributed by atoms with Crippen molar-refractivity contribution in [3.8, 4) is 0 Å². The topological polar surface area (TPSA) is 29.5 Å². The number of benzene rings is 1. The molecule has 1 atom stereocenters. The van der Waals surface area contributed by atoms with Crippen molar-refractivity contribution in [3.05, 3.63) is 33.4 Å².